The Morgan fingerprint density at radius 3 is 2.83 bits per heavy atom. The van der Waals surface area contributed by atoms with Gasteiger partial charge in [0.05, 0.1) is 25.0 Å². The SMILES string of the molecule is CCOc1c(Cl)cc(/C=N\NC(=O)c2cccc(Br)c2)cc1OC. The topological polar surface area (TPSA) is 59.9 Å². The highest BCUT2D eigenvalue weighted by Crippen LogP contribution is 2.35. The standard InChI is InChI=1S/C17H16BrClN2O3/c1-3-24-16-14(19)7-11(8-15(16)23-2)10-20-21-17(22)12-5-4-6-13(18)9-12/h4-10H,3H2,1-2H3,(H,21,22)/b20-10-. The van der Waals surface area contributed by atoms with E-state index in [2.05, 4.69) is 26.5 Å². The minimum absolute atomic E-state index is 0.309. The van der Waals surface area contributed by atoms with E-state index in [4.69, 9.17) is 21.1 Å². The van der Waals surface area contributed by atoms with Gasteiger partial charge in [-0.25, -0.2) is 5.43 Å². The number of hydrogen-bond donors (Lipinski definition) is 1. The molecule has 5 nitrogen and oxygen atoms in total. The minimum Gasteiger partial charge on any atom is -0.493 e. The quantitative estimate of drug-likeness (QED) is 0.570. The van der Waals surface area contributed by atoms with Crippen LogP contribution in [0.4, 0.5) is 0 Å². The molecular formula is C17H16BrClN2O3. The lowest BCUT2D eigenvalue weighted by molar-refractivity contribution is 0.0955. The Bertz CT molecular complexity index is 765. The fraction of sp³-hybridized carbons (Fsp3) is 0.176. The Morgan fingerprint density at radius 2 is 2.17 bits per heavy atom. The molecule has 0 aliphatic rings. The summed E-state index contributed by atoms with van der Waals surface area (Å²) in [6.45, 7) is 2.34. The van der Waals surface area contributed by atoms with Crippen LogP contribution < -0.4 is 14.9 Å². The smallest absolute Gasteiger partial charge is 0.271 e. The van der Waals surface area contributed by atoms with Crippen LogP contribution in [-0.2, 0) is 0 Å². The monoisotopic (exact) mass is 410 g/mol. The number of ether oxygens (including phenoxy) is 2. The second kappa shape index (κ2) is 8.70. The largest absolute Gasteiger partial charge is 0.493 e. The van der Waals surface area contributed by atoms with Crippen molar-refractivity contribution in [1.82, 2.24) is 5.43 Å². The summed E-state index contributed by atoms with van der Waals surface area (Å²) >= 11 is 9.51. The number of benzene rings is 2. The van der Waals surface area contributed by atoms with Gasteiger partial charge in [-0.3, -0.25) is 4.79 Å². The van der Waals surface area contributed by atoms with Gasteiger partial charge in [0.15, 0.2) is 11.5 Å². The molecule has 0 fully saturated rings. The van der Waals surface area contributed by atoms with Crippen molar-refractivity contribution in [1.29, 1.82) is 0 Å². The van der Waals surface area contributed by atoms with Gasteiger partial charge in [-0.15, -0.1) is 0 Å². The van der Waals surface area contributed by atoms with Gasteiger partial charge in [-0.2, -0.15) is 5.10 Å². The summed E-state index contributed by atoms with van der Waals surface area (Å²) in [6, 6.07) is 10.4. The number of hydrazone groups is 1. The second-order valence-electron chi connectivity index (χ2n) is 4.68. The maximum absolute atomic E-state index is 12.0. The predicted molar refractivity (Wildman–Crippen MR) is 98.4 cm³/mol. The van der Waals surface area contributed by atoms with Gasteiger partial charge in [-0.1, -0.05) is 33.6 Å². The van der Waals surface area contributed by atoms with E-state index in [-0.39, 0.29) is 5.91 Å². The van der Waals surface area contributed by atoms with Crippen molar-refractivity contribution < 1.29 is 14.3 Å². The van der Waals surface area contributed by atoms with E-state index < -0.39 is 0 Å². The van der Waals surface area contributed by atoms with Gasteiger partial charge in [0.1, 0.15) is 0 Å². The lowest BCUT2D eigenvalue weighted by atomic mass is 10.2. The molecule has 0 bridgehead atoms. The molecule has 2 aromatic carbocycles. The number of carbonyl (C=O) groups is 1. The van der Waals surface area contributed by atoms with Crippen molar-refractivity contribution >= 4 is 39.7 Å². The van der Waals surface area contributed by atoms with Gasteiger partial charge in [0.2, 0.25) is 0 Å². The molecule has 0 heterocycles. The van der Waals surface area contributed by atoms with E-state index in [1.54, 1.807) is 30.3 Å². The molecule has 0 aliphatic heterocycles. The van der Waals surface area contributed by atoms with Crippen LogP contribution >= 0.6 is 27.5 Å². The first-order chi connectivity index (χ1) is 11.5. The van der Waals surface area contributed by atoms with Crippen molar-refractivity contribution in [3.05, 3.63) is 57.0 Å². The van der Waals surface area contributed by atoms with Gasteiger partial charge in [0, 0.05) is 10.0 Å². The molecule has 0 saturated carbocycles. The Balaban J connectivity index is 2.11. The van der Waals surface area contributed by atoms with Crippen LogP contribution in [0.5, 0.6) is 11.5 Å². The maximum Gasteiger partial charge on any atom is 0.271 e. The van der Waals surface area contributed by atoms with Crippen LogP contribution in [0.3, 0.4) is 0 Å². The Kier molecular flexibility index (Phi) is 6.63. The van der Waals surface area contributed by atoms with Gasteiger partial charge in [0.25, 0.3) is 5.91 Å². The number of halogens is 2. The molecule has 0 spiro atoms. The second-order valence-corrected chi connectivity index (χ2v) is 6.00. The Morgan fingerprint density at radius 1 is 1.38 bits per heavy atom. The summed E-state index contributed by atoms with van der Waals surface area (Å²) in [6.07, 6.45) is 1.49. The number of amides is 1. The first-order valence-corrected chi connectivity index (χ1v) is 8.31. The highest BCUT2D eigenvalue weighted by atomic mass is 79.9. The lowest BCUT2D eigenvalue weighted by Crippen LogP contribution is -2.17. The Labute approximate surface area is 153 Å². The molecule has 2 aromatic rings. The third-order valence-corrected chi connectivity index (χ3v) is 3.78. The molecule has 0 unspecified atom stereocenters. The van der Waals surface area contributed by atoms with Crippen molar-refractivity contribution in [2.24, 2.45) is 5.10 Å². The third kappa shape index (κ3) is 4.72. The summed E-state index contributed by atoms with van der Waals surface area (Å²) in [5.74, 6) is 0.678. The molecule has 1 amide bonds. The zero-order valence-corrected chi connectivity index (χ0v) is 15.5. The summed E-state index contributed by atoms with van der Waals surface area (Å²) in [5, 5.41) is 4.36. The number of rotatable bonds is 6. The number of nitrogens with zero attached hydrogens (tertiary/aromatic N) is 1. The predicted octanol–water partition coefficient (Wildman–Crippen LogP) is 4.27. The summed E-state index contributed by atoms with van der Waals surface area (Å²) in [4.78, 5) is 12.0. The fourth-order valence-corrected chi connectivity index (χ4v) is 2.63. The van der Waals surface area contributed by atoms with Gasteiger partial charge >= 0.3 is 0 Å². The molecular weight excluding hydrogens is 396 g/mol. The number of carbonyl (C=O) groups excluding carboxylic acids is 1. The number of nitrogens with one attached hydrogen (secondary N) is 1. The maximum atomic E-state index is 12.0. The van der Waals surface area contributed by atoms with E-state index in [0.717, 1.165) is 4.47 Å². The molecule has 0 saturated heterocycles. The van der Waals surface area contributed by atoms with E-state index in [9.17, 15) is 4.79 Å². The summed E-state index contributed by atoms with van der Waals surface area (Å²) in [5.41, 5.74) is 3.65. The van der Waals surface area contributed by atoms with E-state index in [1.807, 2.05) is 13.0 Å². The highest BCUT2D eigenvalue weighted by molar-refractivity contribution is 9.10. The first-order valence-electron chi connectivity index (χ1n) is 7.14. The first kappa shape index (κ1) is 18.3. The molecule has 0 atom stereocenters. The fourth-order valence-electron chi connectivity index (χ4n) is 1.96. The Hall–Kier alpha value is -2.05. The van der Waals surface area contributed by atoms with Crippen molar-refractivity contribution in [2.45, 2.75) is 6.92 Å². The van der Waals surface area contributed by atoms with Crippen molar-refractivity contribution in [3.8, 4) is 11.5 Å². The molecule has 126 valence electrons. The van der Waals surface area contributed by atoms with Crippen LogP contribution in [-0.4, -0.2) is 25.8 Å². The lowest BCUT2D eigenvalue weighted by Gasteiger charge is -2.11. The molecule has 2 rings (SSSR count). The molecule has 7 heteroatoms. The van der Waals surface area contributed by atoms with Crippen LogP contribution in [0.25, 0.3) is 0 Å². The van der Waals surface area contributed by atoms with Gasteiger partial charge < -0.3 is 9.47 Å². The average Bonchev–Trinajstić information content (AvgIpc) is 2.57. The van der Waals surface area contributed by atoms with Crippen molar-refractivity contribution in [3.63, 3.8) is 0 Å². The molecule has 0 aromatic heterocycles. The van der Waals surface area contributed by atoms with Crippen LogP contribution in [0.2, 0.25) is 5.02 Å². The molecule has 0 aliphatic carbocycles. The van der Waals surface area contributed by atoms with Crippen molar-refractivity contribution in [2.75, 3.05) is 13.7 Å². The zero-order valence-electron chi connectivity index (χ0n) is 13.2. The van der Waals surface area contributed by atoms with Crippen LogP contribution in [0.1, 0.15) is 22.8 Å². The molecule has 1 N–H and O–H groups in total. The zero-order chi connectivity index (χ0) is 17.5. The van der Waals surface area contributed by atoms with E-state index >= 15 is 0 Å². The summed E-state index contributed by atoms with van der Waals surface area (Å²) in [7, 11) is 1.53. The van der Waals surface area contributed by atoms with E-state index in [1.165, 1.54) is 13.3 Å². The van der Waals surface area contributed by atoms with Crippen LogP contribution in [0.15, 0.2) is 46.0 Å². The van der Waals surface area contributed by atoms with Gasteiger partial charge in [-0.05, 0) is 42.8 Å². The highest BCUT2D eigenvalue weighted by Gasteiger charge is 2.11. The van der Waals surface area contributed by atoms with Crippen LogP contribution in [0, 0.1) is 0 Å². The normalized spacial score (nSPS) is 10.7. The van der Waals surface area contributed by atoms with E-state index in [0.29, 0.717) is 34.3 Å². The summed E-state index contributed by atoms with van der Waals surface area (Å²) < 4.78 is 11.5. The average molecular weight is 412 g/mol. The third-order valence-electron chi connectivity index (χ3n) is 3.01. The molecule has 0 radical (unpaired) electrons. The molecule has 24 heavy (non-hydrogen) atoms. The number of methoxy groups -OCH3 is 1. The number of hydrogen-bond acceptors (Lipinski definition) is 4. The minimum atomic E-state index is -0.309.